The summed E-state index contributed by atoms with van der Waals surface area (Å²) in [6, 6.07) is 8.82. The lowest BCUT2D eigenvalue weighted by Gasteiger charge is -2.22. The monoisotopic (exact) mass is 589 g/mol. The lowest BCUT2D eigenvalue weighted by atomic mass is 10.0. The predicted octanol–water partition coefficient (Wildman–Crippen LogP) is 5.49. The van der Waals surface area contributed by atoms with Crippen LogP contribution in [0.3, 0.4) is 0 Å². The molecule has 0 unspecified atom stereocenters. The number of halogens is 4. The zero-order valence-electron chi connectivity index (χ0n) is 23.5. The highest BCUT2D eigenvalue weighted by Gasteiger charge is 2.38. The maximum atomic E-state index is 12.8. The van der Waals surface area contributed by atoms with Crippen molar-refractivity contribution in [3.8, 4) is 5.82 Å². The summed E-state index contributed by atoms with van der Waals surface area (Å²) >= 11 is 6.08. The molecule has 0 fully saturated rings. The number of aromatic nitrogens is 7. The minimum Gasteiger partial charge on any atom is -0.387 e. The van der Waals surface area contributed by atoms with Gasteiger partial charge in [-0.3, -0.25) is 4.79 Å². The number of carbonyl (C=O) groups is 1. The van der Waals surface area contributed by atoms with Crippen LogP contribution in [-0.4, -0.2) is 53.5 Å². The van der Waals surface area contributed by atoms with E-state index in [1.54, 1.807) is 18.2 Å². The first kappa shape index (κ1) is 31.3. The van der Waals surface area contributed by atoms with Crippen LogP contribution in [0.25, 0.3) is 11.9 Å². The number of alkyl halides is 3. The Morgan fingerprint density at radius 3 is 2.46 bits per heavy atom. The Bertz CT molecular complexity index is 1540. The molecule has 0 saturated carbocycles. The van der Waals surface area contributed by atoms with E-state index in [0.29, 0.717) is 32.5 Å². The average Bonchev–Trinajstić information content (AvgIpc) is 3.50. The first-order valence-electron chi connectivity index (χ1n) is 12.4. The van der Waals surface area contributed by atoms with Crippen molar-refractivity contribution < 1.29 is 18.0 Å². The van der Waals surface area contributed by atoms with Crippen molar-refractivity contribution in [2.45, 2.75) is 52.9 Å². The first-order valence-corrected chi connectivity index (χ1v) is 12.8. The molecule has 0 radical (unpaired) electrons. The van der Waals surface area contributed by atoms with E-state index in [2.05, 4.69) is 48.9 Å². The van der Waals surface area contributed by atoms with E-state index in [0.717, 1.165) is 16.8 Å². The molecule has 3 aromatic heterocycles. The number of tetrazole rings is 1. The predicted molar refractivity (Wildman–Crippen MR) is 151 cm³/mol. The standard InChI is InChI=1S/C14H22N2O.C13H9ClF3N7/c1-9-7-10(2)12(15-6)11(8-9)13(17)16-14(3,4)5;1-2-9-6-8(7-23-12(13(15,16)17)19-21-22-23)20-24(9)11-10(14)4-3-5-18-11/h7-8,15H,1-6H3,(H,16,17);2-6H,1,7H2. The SMILES string of the molecule is C=Cc1cc(Cn2nnnc2C(F)(F)F)nn1-c1ncccc1Cl.CNc1c(C)cc(C)cc1C(=O)NC(C)(C)C. The fourth-order valence-corrected chi connectivity index (χ4v) is 4.13. The molecule has 218 valence electrons. The molecule has 10 nitrogen and oxygen atoms in total. The van der Waals surface area contributed by atoms with E-state index in [9.17, 15) is 18.0 Å². The molecule has 1 aromatic carbocycles. The van der Waals surface area contributed by atoms with Crippen LogP contribution in [0.4, 0.5) is 18.9 Å². The van der Waals surface area contributed by atoms with Gasteiger partial charge >= 0.3 is 6.18 Å². The van der Waals surface area contributed by atoms with E-state index in [1.165, 1.54) is 17.0 Å². The fraction of sp³-hybridized carbons (Fsp3) is 0.333. The van der Waals surface area contributed by atoms with Crippen LogP contribution in [0.2, 0.25) is 5.02 Å². The third kappa shape index (κ3) is 7.91. The molecule has 3 heterocycles. The molecule has 0 bridgehead atoms. The summed E-state index contributed by atoms with van der Waals surface area (Å²) in [5.74, 6) is -0.894. The van der Waals surface area contributed by atoms with Crippen molar-refractivity contribution in [3.63, 3.8) is 0 Å². The summed E-state index contributed by atoms with van der Waals surface area (Å²) in [4.78, 5) is 16.3. The second kappa shape index (κ2) is 12.5. The van der Waals surface area contributed by atoms with Crippen LogP contribution in [0.15, 0.2) is 43.1 Å². The van der Waals surface area contributed by atoms with Gasteiger partial charge in [0.05, 0.1) is 28.5 Å². The van der Waals surface area contributed by atoms with Gasteiger partial charge in [0, 0.05) is 24.5 Å². The number of amides is 1. The molecule has 0 spiro atoms. The Labute approximate surface area is 240 Å². The molecular formula is C27H31ClF3N9O. The van der Waals surface area contributed by atoms with Crippen molar-refractivity contribution in [3.05, 3.63) is 82.0 Å². The minimum atomic E-state index is -4.66. The van der Waals surface area contributed by atoms with Crippen LogP contribution in [0.1, 0.15) is 59.5 Å². The second-order valence-corrected chi connectivity index (χ2v) is 10.5. The second-order valence-electron chi connectivity index (χ2n) is 10.1. The number of nitrogens with one attached hydrogen (secondary N) is 2. The van der Waals surface area contributed by atoms with Gasteiger partial charge in [-0.25, -0.2) is 14.3 Å². The highest BCUT2D eigenvalue weighted by atomic mass is 35.5. The van der Waals surface area contributed by atoms with Gasteiger partial charge in [-0.05, 0) is 86.5 Å². The van der Waals surface area contributed by atoms with E-state index in [-0.39, 0.29) is 18.0 Å². The van der Waals surface area contributed by atoms with Gasteiger partial charge in [0.1, 0.15) is 0 Å². The van der Waals surface area contributed by atoms with Crippen LogP contribution in [0, 0.1) is 13.8 Å². The number of benzene rings is 1. The summed E-state index contributed by atoms with van der Waals surface area (Å²) in [5, 5.41) is 20.1. The van der Waals surface area contributed by atoms with Crippen molar-refractivity contribution in [2.75, 3.05) is 12.4 Å². The Kier molecular flexibility index (Phi) is 9.53. The van der Waals surface area contributed by atoms with Crippen molar-refractivity contribution in [1.82, 2.24) is 40.3 Å². The molecule has 0 atom stereocenters. The minimum absolute atomic E-state index is 0.0337. The van der Waals surface area contributed by atoms with E-state index < -0.39 is 12.0 Å². The third-order valence-corrected chi connectivity index (χ3v) is 5.79. The summed E-state index contributed by atoms with van der Waals surface area (Å²) in [7, 11) is 1.84. The molecule has 41 heavy (non-hydrogen) atoms. The van der Waals surface area contributed by atoms with Crippen molar-refractivity contribution in [2.24, 2.45) is 0 Å². The normalized spacial score (nSPS) is 11.5. The van der Waals surface area contributed by atoms with Gasteiger partial charge in [-0.1, -0.05) is 24.2 Å². The Morgan fingerprint density at radius 2 is 1.88 bits per heavy atom. The molecule has 0 aliphatic rings. The number of rotatable bonds is 6. The van der Waals surface area contributed by atoms with E-state index in [4.69, 9.17) is 11.6 Å². The number of anilines is 1. The fourth-order valence-electron chi connectivity index (χ4n) is 3.93. The Hall–Kier alpha value is -4.26. The van der Waals surface area contributed by atoms with Crippen LogP contribution < -0.4 is 10.6 Å². The zero-order valence-corrected chi connectivity index (χ0v) is 24.3. The van der Waals surface area contributed by atoms with Crippen molar-refractivity contribution in [1.29, 1.82) is 0 Å². The zero-order chi connectivity index (χ0) is 30.5. The molecule has 2 N–H and O–H groups in total. The molecule has 0 saturated heterocycles. The van der Waals surface area contributed by atoms with E-state index >= 15 is 0 Å². The summed E-state index contributed by atoms with van der Waals surface area (Å²) in [5.41, 5.74) is 4.39. The summed E-state index contributed by atoms with van der Waals surface area (Å²) < 4.78 is 40.5. The topological polar surface area (TPSA) is 115 Å². The van der Waals surface area contributed by atoms with Crippen molar-refractivity contribution >= 4 is 29.3 Å². The Morgan fingerprint density at radius 1 is 1.17 bits per heavy atom. The molecular weight excluding hydrogens is 559 g/mol. The molecule has 0 aliphatic heterocycles. The lowest BCUT2D eigenvalue weighted by molar-refractivity contribution is -0.147. The van der Waals surface area contributed by atoms with Gasteiger partial charge in [0.25, 0.3) is 11.7 Å². The smallest absolute Gasteiger partial charge is 0.387 e. The number of hydrogen-bond acceptors (Lipinski definition) is 7. The largest absolute Gasteiger partial charge is 0.453 e. The van der Waals surface area contributed by atoms with Gasteiger partial charge < -0.3 is 10.6 Å². The number of hydrogen-bond donors (Lipinski definition) is 2. The van der Waals surface area contributed by atoms with Crippen LogP contribution in [-0.2, 0) is 12.7 Å². The van der Waals surface area contributed by atoms with E-state index in [1.807, 2.05) is 47.7 Å². The van der Waals surface area contributed by atoms with Gasteiger partial charge in [0.2, 0.25) is 0 Å². The number of pyridine rings is 1. The maximum absolute atomic E-state index is 12.8. The highest BCUT2D eigenvalue weighted by Crippen LogP contribution is 2.27. The summed E-state index contributed by atoms with van der Waals surface area (Å²) in [6.07, 6.45) is -1.64. The molecule has 4 rings (SSSR count). The first-order chi connectivity index (χ1) is 19.1. The molecule has 1 amide bonds. The number of aryl methyl sites for hydroxylation is 2. The lowest BCUT2D eigenvalue weighted by Crippen LogP contribution is -2.40. The quantitative estimate of drug-likeness (QED) is 0.305. The summed E-state index contributed by atoms with van der Waals surface area (Å²) in [6.45, 7) is 13.3. The number of nitrogens with zero attached hydrogens (tertiary/aromatic N) is 7. The maximum Gasteiger partial charge on any atom is 0.453 e. The van der Waals surface area contributed by atoms with Crippen LogP contribution in [0.5, 0.6) is 0 Å². The Balaban J connectivity index is 0.000000241. The number of carbonyl (C=O) groups excluding carboxylic acids is 1. The van der Waals surface area contributed by atoms with Crippen LogP contribution >= 0.6 is 11.6 Å². The van der Waals surface area contributed by atoms with Gasteiger partial charge in [-0.2, -0.15) is 18.3 Å². The molecule has 4 aromatic rings. The molecule has 14 heteroatoms. The van der Waals surface area contributed by atoms with Gasteiger partial charge in [-0.15, -0.1) is 5.10 Å². The third-order valence-electron chi connectivity index (χ3n) is 5.50. The molecule has 0 aliphatic carbocycles. The highest BCUT2D eigenvalue weighted by molar-refractivity contribution is 6.32. The average molecular weight is 590 g/mol. The van der Waals surface area contributed by atoms with Gasteiger partial charge in [0.15, 0.2) is 5.82 Å².